The third-order valence-corrected chi connectivity index (χ3v) is 4.08. The standard InChI is InChI=1S/C15H23NO3/c1-10(16)15(5-6-15)13-8-12(18-3)7-11(9-17-2)14(13)19-4/h7-8,10H,5-6,9,16H2,1-4H3. The molecule has 1 aromatic carbocycles. The fourth-order valence-corrected chi connectivity index (χ4v) is 2.76. The lowest BCUT2D eigenvalue weighted by Gasteiger charge is -2.25. The van der Waals surface area contributed by atoms with Crippen molar-refractivity contribution in [2.75, 3.05) is 21.3 Å². The number of ether oxygens (including phenoxy) is 3. The van der Waals surface area contributed by atoms with Crippen molar-refractivity contribution < 1.29 is 14.2 Å². The van der Waals surface area contributed by atoms with E-state index in [1.807, 2.05) is 12.1 Å². The normalized spacial score (nSPS) is 17.9. The minimum Gasteiger partial charge on any atom is -0.497 e. The van der Waals surface area contributed by atoms with Crippen molar-refractivity contribution in [2.45, 2.75) is 37.8 Å². The molecular formula is C15H23NO3. The molecule has 1 aliphatic carbocycles. The van der Waals surface area contributed by atoms with Crippen LogP contribution in [0.15, 0.2) is 12.1 Å². The maximum atomic E-state index is 6.18. The van der Waals surface area contributed by atoms with Crippen LogP contribution >= 0.6 is 0 Å². The summed E-state index contributed by atoms with van der Waals surface area (Å²) >= 11 is 0. The average molecular weight is 265 g/mol. The summed E-state index contributed by atoms with van der Waals surface area (Å²) in [4.78, 5) is 0. The Balaban J connectivity index is 2.54. The summed E-state index contributed by atoms with van der Waals surface area (Å²) in [7, 11) is 5.05. The highest BCUT2D eigenvalue weighted by Crippen LogP contribution is 2.54. The number of rotatable bonds is 6. The Labute approximate surface area is 114 Å². The fourth-order valence-electron chi connectivity index (χ4n) is 2.76. The monoisotopic (exact) mass is 265 g/mol. The molecule has 1 aliphatic rings. The van der Waals surface area contributed by atoms with Crippen LogP contribution in [0.2, 0.25) is 0 Å². The van der Waals surface area contributed by atoms with Gasteiger partial charge in [0.05, 0.1) is 20.8 Å². The molecule has 1 aromatic rings. The highest BCUT2D eigenvalue weighted by molar-refractivity contribution is 5.53. The number of nitrogens with two attached hydrogens (primary N) is 1. The van der Waals surface area contributed by atoms with Crippen LogP contribution in [0.3, 0.4) is 0 Å². The third kappa shape index (κ3) is 2.42. The first-order valence-corrected chi connectivity index (χ1v) is 6.59. The molecule has 19 heavy (non-hydrogen) atoms. The molecule has 106 valence electrons. The van der Waals surface area contributed by atoms with Crippen LogP contribution in [0.5, 0.6) is 11.5 Å². The summed E-state index contributed by atoms with van der Waals surface area (Å²) in [6.45, 7) is 2.56. The van der Waals surface area contributed by atoms with Crippen molar-refractivity contribution in [3.63, 3.8) is 0 Å². The summed E-state index contributed by atoms with van der Waals surface area (Å²) in [5, 5.41) is 0. The predicted molar refractivity (Wildman–Crippen MR) is 74.8 cm³/mol. The van der Waals surface area contributed by atoms with E-state index in [0.29, 0.717) is 6.61 Å². The van der Waals surface area contributed by atoms with Gasteiger partial charge in [-0.05, 0) is 31.9 Å². The van der Waals surface area contributed by atoms with E-state index in [1.54, 1.807) is 21.3 Å². The van der Waals surface area contributed by atoms with Crippen LogP contribution in [0, 0.1) is 0 Å². The Hall–Kier alpha value is -1.26. The molecule has 1 unspecified atom stereocenters. The Morgan fingerprint density at radius 1 is 1.21 bits per heavy atom. The summed E-state index contributed by atoms with van der Waals surface area (Å²) in [6.07, 6.45) is 2.20. The zero-order valence-corrected chi connectivity index (χ0v) is 12.2. The first-order chi connectivity index (χ1) is 9.08. The summed E-state index contributed by atoms with van der Waals surface area (Å²) in [5.74, 6) is 1.72. The Bertz CT molecular complexity index is 453. The van der Waals surface area contributed by atoms with E-state index in [-0.39, 0.29) is 11.5 Å². The lowest BCUT2D eigenvalue weighted by Crippen LogP contribution is -2.32. The van der Waals surface area contributed by atoms with Gasteiger partial charge in [0.15, 0.2) is 0 Å². The van der Waals surface area contributed by atoms with Crippen LogP contribution in [0.1, 0.15) is 30.9 Å². The lowest BCUT2D eigenvalue weighted by molar-refractivity contribution is 0.181. The average Bonchev–Trinajstić information content (AvgIpc) is 3.19. The quantitative estimate of drug-likeness (QED) is 0.857. The molecule has 1 saturated carbocycles. The van der Waals surface area contributed by atoms with Gasteiger partial charge in [-0.25, -0.2) is 0 Å². The van der Waals surface area contributed by atoms with E-state index in [2.05, 4.69) is 6.92 Å². The summed E-state index contributed by atoms with van der Waals surface area (Å²) < 4.78 is 16.3. The Morgan fingerprint density at radius 3 is 2.32 bits per heavy atom. The van der Waals surface area contributed by atoms with Gasteiger partial charge in [0.2, 0.25) is 0 Å². The molecule has 0 aromatic heterocycles. The zero-order valence-electron chi connectivity index (χ0n) is 12.2. The van der Waals surface area contributed by atoms with Crippen LogP contribution < -0.4 is 15.2 Å². The van der Waals surface area contributed by atoms with Crippen LogP contribution in [0.4, 0.5) is 0 Å². The maximum absolute atomic E-state index is 6.18. The summed E-state index contributed by atoms with van der Waals surface area (Å²) in [5.41, 5.74) is 8.36. The van der Waals surface area contributed by atoms with Crippen molar-refractivity contribution in [3.05, 3.63) is 23.3 Å². The lowest BCUT2D eigenvalue weighted by atomic mass is 9.87. The van der Waals surface area contributed by atoms with E-state index >= 15 is 0 Å². The Morgan fingerprint density at radius 2 is 1.89 bits per heavy atom. The molecule has 0 radical (unpaired) electrons. The predicted octanol–water partition coefficient (Wildman–Crippen LogP) is 2.23. The number of hydrogen-bond donors (Lipinski definition) is 1. The molecule has 0 heterocycles. The SMILES string of the molecule is COCc1cc(OC)cc(C2(C(C)N)CC2)c1OC. The van der Waals surface area contributed by atoms with Crippen molar-refractivity contribution in [3.8, 4) is 11.5 Å². The van der Waals surface area contributed by atoms with E-state index in [1.165, 1.54) is 0 Å². The zero-order chi connectivity index (χ0) is 14.0. The molecule has 2 rings (SSSR count). The van der Waals surface area contributed by atoms with Gasteiger partial charge in [0.25, 0.3) is 0 Å². The molecule has 4 nitrogen and oxygen atoms in total. The molecule has 0 saturated heterocycles. The van der Waals surface area contributed by atoms with E-state index in [0.717, 1.165) is 35.5 Å². The number of hydrogen-bond acceptors (Lipinski definition) is 4. The molecular weight excluding hydrogens is 242 g/mol. The van der Waals surface area contributed by atoms with Crippen LogP contribution in [0.25, 0.3) is 0 Å². The first kappa shape index (κ1) is 14.2. The molecule has 0 aliphatic heterocycles. The second kappa shape index (κ2) is 5.39. The van der Waals surface area contributed by atoms with Gasteiger partial charge in [-0.15, -0.1) is 0 Å². The molecule has 4 heteroatoms. The van der Waals surface area contributed by atoms with Crippen molar-refractivity contribution in [1.29, 1.82) is 0 Å². The van der Waals surface area contributed by atoms with Crippen LogP contribution in [-0.2, 0) is 16.8 Å². The minimum atomic E-state index is 0.0301. The van der Waals surface area contributed by atoms with E-state index in [4.69, 9.17) is 19.9 Å². The second-order valence-electron chi connectivity index (χ2n) is 5.25. The molecule has 1 fully saturated rings. The van der Waals surface area contributed by atoms with Gasteiger partial charge in [0.1, 0.15) is 11.5 Å². The molecule has 0 bridgehead atoms. The molecule has 1 atom stereocenters. The number of benzene rings is 1. The molecule has 0 spiro atoms. The maximum Gasteiger partial charge on any atom is 0.128 e. The Kier molecular flexibility index (Phi) is 4.02. The van der Waals surface area contributed by atoms with Gasteiger partial charge in [-0.2, -0.15) is 0 Å². The first-order valence-electron chi connectivity index (χ1n) is 6.59. The van der Waals surface area contributed by atoms with E-state index < -0.39 is 0 Å². The van der Waals surface area contributed by atoms with Gasteiger partial charge in [-0.1, -0.05) is 0 Å². The highest BCUT2D eigenvalue weighted by atomic mass is 16.5. The molecule has 2 N–H and O–H groups in total. The number of methoxy groups -OCH3 is 3. The van der Waals surface area contributed by atoms with Crippen molar-refractivity contribution in [2.24, 2.45) is 5.73 Å². The van der Waals surface area contributed by atoms with Gasteiger partial charge in [0, 0.05) is 29.7 Å². The van der Waals surface area contributed by atoms with Crippen LogP contribution in [-0.4, -0.2) is 27.4 Å². The van der Waals surface area contributed by atoms with Crippen molar-refractivity contribution in [1.82, 2.24) is 0 Å². The smallest absolute Gasteiger partial charge is 0.128 e. The van der Waals surface area contributed by atoms with Gasteiger partial charge in [-0.3, -0.25) is 0 Å². The topological polar surface area (TPSA) is 53.7 Å². The van der Waals surface area contributed by atoms with Gasteiger partial charge < -0.3 is 19.9 Å². The third-order valence-electron chi connectivity index (χ3n) is 4.08. The fraction of sp³-hybridized carbons (Fsp3) is 0.600. The minimum absolute atomic E-state index is 0.0301. The van der Waals surface area contributed by atoms with Gasteiger partial charge >= 0.3 is 0 Å². The highest BCUT2D eigenvalue weighted by Gasteiger charge is 2.49. The molecule has 0 amide bonds. The van der Waals surface area contributed by atoms with Crippen molar-refractivity contribution >= 4 is 0 Å². The largest absolute Gasteiger partial charge is 0.497 e. The summed E-state index contributed by atoms with van der Waals surface area (Å²) in [6, 6.07) is 4.11. The van der Waals surface area contributed by atoms with E-state index in [9.17, 15) is 0 Å². The second-order valence-corrected chi connectivity index (χ2v) is 5.25.